The fourth-order valence-corrected chi connectivity index (χ4v) is 1.08. The topological polar surface area (TPSA) is 82.2 Å². The average molecular weight is 196 g/mol. The number of nitrogens with one attached hydrogen (secondary N) is 2. The van der Waals surface area contributed by atoms with Crippen molar-refractivity contribution in [1.29, 1.82) is 0 Å². The lowest BCUT2D eigenvalue weighted by Crippen LogP contribution is -2.15. The molecule has 5 heteroatoms. The van der Waals surface area contributed by atoms with Gasteiger partial charge in [-0.3, -0.25) is 9.59 Å². The molecule has 1 aromatic rings. The summed E-state index contributed by atoms with van der Waals surface area (Å²) in [6.45, 7) is 3.08. The molecule has 0 aliphatic heterocycles. The van der Waals surface area contributed by atoms with Crippen LogP contribution in [0.25, 0.3) is 0 Å². The van der Waals surface area contributed by atoms with Gasteiger partial charge in [0, 0.05) is 6.07 Å². The van der Waals surface area contributed by atoms with E-state index in [1.165, 1.54) is 13.0 Å². The van der Waals surface area contributed by atoms with Gasteiger partial charge in [-0.05, 0) is 19.4 Å². The molecule has 0 radical (unpaired) electrons. The molecule has 0 bridgehead atoms. The SMILES string of the molecule is CC(=O)CC(=O)Nc1[nH]c(O)cc1C. The van der Waals surface area contributed by atoms with Crippen molar-refractivity contribution in [3.8, 4) is 5.88 Å². The largest absolute Gasteiger partial charge is 0.495 e. The number of aryl methyl sites for hydroxylation is 1. The van der Waals surface area contributed by atoms with Gasteiger partial charge >= 0.3 is 0 Å². The van der Waals surface area contributed by atoms with Crippen LogP contribution in [-0.4, -0.2) is 21.8 Å². The van der Waals surface area contributed by atoms with E-state index in [-0.39, 0.29) is 24.0 Å². The van der Waals surface area contributed by atoms with Crippen molar-refractivity contribution in [2.45, 2.75) is 20.3 Å². The number of carbonyl (C=O) groups excluding carboxylic acids is 2. The molecule has 0 fully saturated rings. The Hall–Kier alpha value is -1.78. The molecular weight excluding hydrogens is 184 g/mol. The summed E-state index contributed by atoms with van der Waals surface area (Å²) in [5, 5.41) is 11.5. The number of Topliss-reactive ketones (excluding diaryl/α,β-unsaturated/α-hetero) is 1. The van der Waals surface area contributed by atoms with Crippen LogP contribution >= 0.6 is 0 Å². The molecule has 76 valence electrons. The van der Waals surface area contributed by atoms with Gasteiger partial charge in [0.25, 0.3) is 0 Å². The highest BCUT2D eigenvalue weighted by atomic mass is 16.3. The van der Waals surface area contributed by atoms with Gasteiger partial charge in [0.1, 0.15) is 11.6 Å². The van der Waals surface area contributed by atoms with Crippen LogP contribution in [0.1, 0.15) is 18.9 Å². The second kappa shape index (κ2) is 3.95. The van der Waals surface area contributed by atoms with Crippen LogP contribution in [-0.2, 0) is 9.59 Å². The van der Waals surface area contributed by atoms with Crippen LogP contribution in [0.3, 0.4) is 0 Å². The Balaban J connectivity index is 2.64. The quantitative estimate of drug-likeness (QED) is 0.629. The van der Waals surface area contributed by atoms with Gasteiger partial charge in [0.05, 0.1) is 6.42 Å². The third-order valence-corrected chi connectivity index (χ3v) is 1.67. The third-order valence-electron chi connectivity index (χ3n) is 1.67. The molecule has 0 saturated heterocycles. The fraction of sp³-hybridized carbons (Fsp3) is 0.333. The number of hydrogen-bond acceptors (Lipinski definition) is 3. The van der Waals surface area contributed by atoms with Gasteiger partial charge in [-0.1, -0.05) is 0 Å². The van der Waals surface area contributed by atoms with Gasteiger partial charge in [-0.25, -0.2) is 0 Å². The standard InChI is InChI=1S/C9H12N2O3/c1-5-3-7(13)10-9(5)11-8(14)4-6(2)12/h3,10,13H,4H2,1-2H3,(H,11,14). The summed E-state index contributed by atoms with van der Waals surface area (Å²) >= 11 is 0. The first kappa shape index (κ1) is 10.3. The Morgan fingerprint density at radius 3 is 2.64 bits per heavy atom. The highest BCUT2D eigenvalue weighted by molar-refractivity contribution is 6.03. The Bertz CT molecular complexity index is 368. The van der Waals surface area contributed by atoms with Crippen LogP contribution in [0, 0.1) is 6.92 Å². The maximum absolute atomic E-state index is 11.2. The van der Waals surface area contributed by atoms with Gasteiger partial charge in [0.15, 0.2) is 5.88 Å². The molecule has 1 amide bonds. The number of anilines is 1. The molecule has 0 aliphatic rings. The zero-order valence-corrected chi connectivity index (χ0v) is 8.05. The Morgan fingerprint density at radius 1 is 1.57 bits per heavy atom. The number of H-pyrrole nitrogens is 1. The molecule has 1 rings (SSSR count). The lowest BCUT2D eigenvalue weighted by Gasteiger charge is -2.01. The summed E-state index contributed by atoms with van der Waals surface area (Å²) in [4.78, 5) is 24.3. The monoisotopic (exact) mass is 196 g/mol. The normalized spacial score (nSPS) is 9.86. The molecule has 0 unspecified atom stereocenters. The van der Waals surface area contributed by atoms with E-state index < -0.39 is 0 Å². The number of hydrogen-bond donors (Lipinski definition) is 3. The van der Waals surface area contributed by atoms with Crippen LogP contribution in [0.4, 0.5) is 5.82 Å². The van der Waals surface area contributed by atoms with Crippen molar-refractivity contribution in [1.82, 2.24) is 4.98 Å². The molecule has 1 aromatic heterocycles. The van der Waals surface area contributed by atoms with E-state index in [1.807, 2.05) is 0 Å². The number of amides is 1. The van der Waals surface area contributed by atoms with Crippen LogP contribution in [0.5, 0.6) is 5.88 Å². The van der Waals surface area contributed by atoms with Crippen molar-refractivity contribution in [3.63, 3.8) is 0 Å². The molecule has 0 aliphatic carbocycles. The maximum atomic E-state index is 11.2. The molecule has 0 aromatic carbocycles. The first-order chi connectivity index (χ1) is 6.49. The van der Waals surface area contributed by atoms with E-state index in [4.69, 9.17) is 5.11 Å². The number of aromatic amines is 1. The van der Waals surface area contributed by atoms with Crippen LogP contribution in [0.15, 0.2) is 6.07 Å². The first-order valence-electron chi connectivity index (χ1n) is 4.17. The van der Waals surface area contributed by atoms with Crippen molar-refractivity contribution in [2.24, 2.45) is 0 Å². The predicted octanol–water partition coefficient (Wildman–Crippen LogP) is 0.946. The van der Waals surface area contributed by atoms with Gasteiger partial charge < -0.3 is 15.4 Å². The highest BCUT2D eigenvalue weighted by Gasteiger charge is 2.09. The van der Waals surface area contributed by atoms with Gasteiger partial charge in [0.2, 0.25) is 5.91 Å². The number of aromatic hydroxyl groups is 1. The minimum Gasteiger partial charge on any atom is -0.495 e. The van der Waals surface area contributed by atoms with Crippen molar-refractivity contribution in [3.05, 3.63) is 11.6 Å². The predicted molar refractivity (Wildman–Crippen MR) is 51.1 cm³/mol. The number of aromatic nitrogens is 1. The summed E-state index contributed by atoms with van der Waals surface area (Å²) < 4.78 is 0. The zero-order chi connectivity index (χ0) is 10.7. The smallest absolute Gasteiger partial charge is 0.232 e. The van der Waals surface area contributed by atoms with Gasteiger partial charge in [-0.2, -0.15) is 0 Å². The number of ketones is 1. The maximum Gasteiger partial charge on any atom is 0.232 e. The Kier molecular flexibility index (Phi) is 2.91. The van der Waals surface area contributed by atoms with E-state index in [1.54, 1.807) is 6.92 Å². The molecule has 3 N–H and O–H groups in total. The summed E-state index contributed by atoms with van der Waals surface area (Å²) in [5.74, 6) is -0.173. The van der Waals surface area contributed by atoms with E-state index in [9.17, 15) is 9.59 Å². The first-order valence-corrected chi connectivity index (χ1v) is 4.17. The van der Waals surface area contributed by atoms with Crippen LogP contribution < -0.4 is 5.32 Å². The summed E-state index contributed by atoms with van der Waals surface area (Å²) in [6.07, 6.45) is -0.154. The Labute approximate surface area is 81.1 Å². The lowest BCUT2D eigenvalue weighted by molar-refractivity contribution is -0.124. The summed E-state index contributed by atoms with van der Waals surface area (Å²) in [5.41, 5.74) is 0.722. The second-order valence-corrected chi connectivity index (χ2v) is 3.14. The lowest BCUT2D eigenvalue weighted by atomic mass is 10.3. The second-order valence-electron chi connectivity index (χ2n) is 3.14. The van der Waals surface area contributed by atoms with E-state index in [0.717, 1.165) is 5.56 Å². The average Bonchev–Trinajstić information content (AvgIpc) is 2.28. The van der Waals surface area contributed by atoms with Crippen molar-refractivity contribution in [2.75, 3.05) is 5.32 Å². The minimum absolute atomic E-state index is 0.0133. The third kappa shape index (κ3) is 2.62. The van der Waals surface area contributed by atoms with Crippen LogP contribution in [0.2, 0.25) is 0 Å². The fourth-order valence-electron chi connectivity index (χ4n) is 1.08. The van der Waals surface area contributed by atoms with Gasteiger partial charge in [-0.15, -0.1) is 0 Å². The summed E-state index contributed by atoms with van der Waals surface area (Å²) in [6, 6.07) is 1.49. The van der Waals surface area contributed by atoms with E-state index in [0.29, 0.717) is 5.82 Å². The Morgan fingerprint density at radius 2 is 2.21 bits per heavy atom. The zero-order valence-electron chi connectivity index (χ0n) is 8.05. The van der Waals surface area contributed by atoms with Crippen molar-refractivity contribution < 1.29 is 14.7 Å². The number of rotatable bonds is 3. The minimum atomic E-state index is -0.387. The summed E-state index contributed by atoms with van der Waals surface area (Å²) in [7, 11) is 0. The van der Waals surface area contributed by atoms with E-state index in [2.05, 4.69) is 10.3 Å². The van der Waals surface area contributed by atoms with E-state index >= 15 is 0 Å². The number of carbonyl (C=O) groups is 2. The molecular formula is C9H12N2O3. The molecule has 14 heavy (non-hydrogen) atoms. The molecule has 1 heterocycles. The highest BCUT2D eigenvalue weighted by Crippen LogP contribution is 2.19. The molecule has 0 spiro atoms. The molecule has 0 saturated carbocycles. The molecule has 0 atom stereocenters. The molecule has 5 nitrogen and oxygen atoms in total. The van der Waals surface area contributed by atoms with Crippen molar-refractivity contribution >= 4 is 17.5 Å².